The maximum Gasteiger partial charge on any atom is 0.416 e. The summed E-state index contributed by atoms with van der Waals surface area (Å²) in [4.78, 5) is 41.2. The van der Waals surface area contributed by atoms with E-state index in [9.17, 15) is 27.6 Å². The number of halogens is 4. The van der Waals surface area contributed by atoms with Crippen LogP contribution in [0.3, 0.4) is 0 Å². The van der Waals surface area contributed by atoms with E-state index in [1.807, 2.05) is 0 Å². The molecule has 0 saturated carbocycles. The van der Waals surface area contributed by atoms with Crippen molar-refractivity contribution < 1.29 is 37.0 Å². The molecule has 0 aliphatic heterocycles. The molecule has 0 unspecified atom stereocenters. The zero-order valence-electron chi connectivity index (χ0n) is 19.5. The normalized spacial score (nSPS) is 12.1. The molecule has 2 aromatic carbocycles. The van der Waals surface area contributed by atoms with Crippen molar-refractivity contribution in [1.82, 2.24) is 4.98 Å². The quantitative estimate of drug-likeness (QED) is 0.370. The summed E-state index contributed by atoms with van der Waals surface area (Å²) < 4.78 is 49.9. The number of hydrogen-bond donors (Lipinski definition) is 2. The van der Waals surface area contributed by atoms with Crippen LogP contribution < -0.4 is 5.32 Å². The lowest BCUT2D eigenvalue weighted by Gasteiger charge is -2.19. The molecule has 0 bridgehead atoms. The molecule has 0 saturated heterocycles. The molecule has 1 aromatic heterocycles. The molecule has 0 radical (unpaired) electrons. The first kappa shape index (κ1) is 26.8. The fraction of sp³-hybridized carbons (Fsp3) is 0.240. The third-order valence-electron chi connectivity index (χ3n) is 5.24. The van der Waals surface area contributed by atoms with E-state index in [2.05, 4.69) is 10.3 Å². The molecule has 0 spiro atoms. The number of anilines is 1. The van der Waals surface area contributed by atoms with E-state index in [-0.39, 0.29) is 39.7 Å². The molecule has 190 valence electrons. The second kappa shape index (κ2) is 10.9. The minimum atomic E-state index is -4.66. The molecule has 0 fully saturated rings. The van der Waals surface area contributed by atoms with Gasteiger partial charge in [0.05, 0.1) is 28.4 Å². The Balaban J connectivity index is 1.94. The van der Waals surface area contributed by atoms with E-state index in [4.69, 9.17) is 21.1 Å². The number of rotatable bonds is 7. The zero-order chi connectivity index (χ0) is 26.6. The predicted octanol–water partition coefficient (Wildman–Crippen LogP) is 6.02. The van der Waals surface area contributed by atoms with Gasteiger partial charge in [-0.25, -0.2) is 9.59 Å². The van der Waals surface area contributed by atoms with Crippen LogP contribution in [0.25, 0.3) is 0 Å². The summed E-state index contributed by atoms with van der Waals surface area (Å²) in [5.41, 5.74) is -0.366. The fourth-order valence-corrected chi connectivity index (χ4v) is 3.69. The van der Waals surface area contributed by atoms with Gasteiger partial charge in [0.25, 0.3) is 5.91 Å². The highest BCUT2D eigenvalue weighted by Crippen LogP contribution is 2.34. The van der Waals surface area contributed by atoms with Crippen LogP contribution >= 0.6 is 11.6 Å². The molecule has 1 heterocycles. The van der Waals surface area contributed by atoms with Gasteiger partial charge in [0, 0.05) is 11.3 Å². The third-order valence-corrected chi connectivity index (χ3v) is 5.57. The maximum atomic E-state index is 13.2. The smallest absolute Gasteiger partial charge is 0.416 e. The number of alkyl halides is 3. The summed E-state index contributed by atoms with van der Waals surface area (Å²) in [6.45, 7) is 4.83. The van der Waals surface area contributed by atoms with Crippen molar-refractivity contribution in [1.29, 1.82) is 0 Å². The van der Waals surface area contributed by atoms with Crippen molar-refractivity contribution in [3.05, 3.63) is 87.2 Å². The first-order chi connectivity index (χ1) is 16.9. The van der Waals surface area contributed by atoms with Gasteiger partial charge in [0.2, 0.25) is 6.10 Å². The number of nitrogens with one attached hydrogen (secondary N) is 2. The van der Waals surface area contributed by atoms with Crippen LogP contribution in [0.2, 0.25) is 5.02 Å². The van der Waals surface area contributed by atoms with Crippen LogP contribution in [0.15, 0.2) is 48.5 Å². The van der Waals surface area contributed by atoms with Crippen molar-refractivity contribution in [2.75, 3.05) is 11.9 Å². The second-order valence-corrected chi connectivity index (χ2v) is 8.13. The standard InChI is InChI=1S/C25H22ClF3N2O5/c1-4-35-24(34)20-13(2)19(14(3)30-20)23(33)36-21(15-8-6-5-7-9-15)22(32)31-18-12-16(25(27,28)29)10-11-17(18)26/h5-12,21,30H,4H2,1-3H3,(H,31,32)/t21-/m0/s1. The zero-order valence-corrected chi connectivity index (χ0v) is 20.2. The molecule has 0 aliphatic rings. The molecule has 2 N–H and O–H groups in total. The summed E-state index contributed by atoms with van der Waals surface area (Å²) >= 11 is 6.00. The van der Waals surface area contributed by atoms with Gasteiger partial charge in [-0.1, -0.05) is 41.9 Å². The molecule has 1 amide bonds. The number of carbonyl (C=O) groups excluding carboxylic acids is 3. The van der Waals surface area contributed by atoms with Crippen LogP contribution in [0.1, 0.15) is 56.3 Å². The largest absolute Gasteiger partial charge is 0.461 e. The van der Waals surface area contributed by atoms with Crippen LogP contribution in [-0.4, -0.2) is 29.4 Å². The van der Waals surface area contributed by atoms with Gasteiger partial charge in [0.1, 0.15) is 5.69 Å². The van der Waals surface area contributed by atoms with Gasteiger partial charge in [-0.3, -0.25) is 4.79 Å². The van der Waals surface area contributed by atoms with Gasteiger partial charge < -0.3 is 19.8 Å². The van der Waals surface area contributed by atoms with Crippen molar-refractivity contribution >= 4 is 35.1 Å². The van der Waals surface area contributed by atoms with Gasteiger partial charge in [-0.2, -0.15) is 13.2 Å². The lowest BCUT2D eigenvalue weighted by atomic mass is 10.1. The Hall–Kier alpha value is -3.79. The van der Waals surface area contributed by atoms with Crippen molar-refractivity contribution in [3.8, 4) is 0 Å². The summed E-state index contributed by atoms with van der Waals surface area (Å²) in [5, 5.41) is 2.18. The summed E-state index contributed by atoms with van der Waals surface area (Å²) in [5.74, 6) is -2.50. The second-order valence-electron chi connectivity index (χ2n) is 7.72. The first-order valence-electron chi connectivity index (χ1n) is 10.7. The van der Waals surface area contributed by atoms with Gasteiger partial charge >= 0.3 is 18.1 Å². The Morgan fingerprint density at radius 3 is 2.33 bits per heavy atom. The number of amides is 1. The number of aromatic amines is 1. The lowest BCUT2D eigenvalue weighted by molar-refractivity contribution is -0.137. The molecule has 3 rings (SSSR count). The number of benzene rings is 2. The molecule has 0 aliphatic carbocycles. The van der Waals surface area contributed by atoms with Gasteiger partial charge in [-0.15, -0.1) is 0 Å². The minimum Gasteiger partial charge on any atom is -0.461 e. The molecular formula is C25H22ClF3N2O5. The van der Waals surface area contributed by atoms with Gasteiger partial charge in [0.15, 0.2) is 0 Å². The lowest BCUT2D eigenvalue weighted by Crippen LogP contribution is -2.26. The van der Waals surface area contributed by atoms with E-state index in [0.29, 0.717) is 11.8 Å². The molecule has 1 atom stereocenters. The van der Waals surface area contributed by atoms with E-state index >= 15 is 0 Å². The number of ether oxygens (including phenoxy) is 2. The third kappa shape index (κ3) is 5.88. The monoisotopic (exact) mass is 522 g/mol. The number of esters is 2. The Kier molecular flexibility index (Phi) is 8.09. The number of H-pyrrole nitrogens is 1. The molecular weight excluding hydrogens is 501 g/mol. The maximum absolute atomic E-state index is 13.2. The van der Waals surface area contributed by atoms with Crippen molar-refractivity contribution in [2.24, 2.45) is 0 Å². The summed E-state index contributed by atoms with van der Waals surface area (Å²) in [7, 11) is 0. The van der Waals surface area contributed by atoms with Crippen molar-refractivity contribution in [2.45, 2.75) is 33.1 Å². The van der Waals surface area contributed by atoms with Crippen LogP contribution in [0.4, 0.5) is 18.9 Å². The van der Waals surface area contributed by atoms with Crippen LogP contribution in [0, 0.1) is 13.8 Å². The van der Waals surface area contributed by atoms with Crippen LogP contribution in [0.5, 0.6) is 0 Å². The molecule has 7 nitrogen and oxygen atoms in total. The Morgan fingerprint density at radius 2 is 1.72 bits per heavy atom. The molecule has 36 heavy (non-hydrogen) atoms. The van der Waals surface area contributed by atoms with Gasteiger partial charge in [-0.05, 0) is 44.5 Å². The van der Waals surface area contributed by atoms with Crippen LogP contribution in [-0.2, 0) is 20.4 Å². The highest BCUT2D eigenvalue weighted by Gasteiger charge is 2.33. The summed E-state index contributed by atoms with van der Waals surface area (Å²) in [6, 6.07) is 10.4. The van der Waals surface area contributed by atoms with E-state index in [1.54, 1.807) is 32.0 Å². The molecule has 3 aromatic rings. The van der Waals surface area contributed by atoms with E-state index in [0.717, 1.165) is 12.1 Å². The molecule has 11 heteroatoms. The first-order valence-corrected chi connectivity index (χ1v) is 11.1. The minimum absolute atomic E-state index is 0.0314. The SMILES string of the molecule is CCOC(=O)c1[nH]c(C)c(C(=O)O[C@H](C(=O)Nc2cc(C(F)(F)F)ccc2Cl)c2ccccc2)c1C. The number of aromatic nitrogens is 1. The Bertz CT molecular complexity index is 1290. The number of carbonyl (C=O) groups is 3. The highest BCUT2D eigenvalue weighted by atomic mass is 35.5. The van der Waals surface area contributed by atoms with E-state index in [1.165, 1.54) is 19.1 Å². The Labute approximate surface area is 209 Å². The topological polar surface area (TPSA) is 97.5 Å². The highest BCUT2D eigenvalue weighted by molar-refractivity contribution is 6.33. The summed E-state index contributed by atoms with van der Waals surface area (Å²) in [6.07, 6.45) is -6.20. The average molecular weight is 523 g/mol. The van der Waals surface area contributed by atoms with E-state index < -0.39 is 35.7 Å². The van der Waals surface area contributed by atoms with Crippen molar-refractivity contribution in [3.63, 3.8) is 0 Å². The predicted molar refractivity (Wildman–Crippen MR) is 126 cm³/mol. The number of hydrogen-bond acceptors (Lipinski definition) is 5. The Morgan fingerprint density at radius 1 is 1.06 bits per heavy atom. The fourth-order valence-electron chi connectivity index (χ4n) is 3.53. The average Bonchev–Trinajstić information content (AvgIpc) is 3.12. The number of aryl methyl sites for hydroxylation is 1.